The minimum absolute atomic E-state index is 0.0745. The molecule has 1 aliphatic carbocycles. The number of sulfonamides is 1. The number of para-hydroxylation sites is 1. The predicted molar refractivity (Wildman–Crippen MR) is 121 cm³/mol. The highest BCUT2D eigenvalue weighted by Crippen LogP contribution is 2.44. The van der Waals surface area contributed by atoms with Crippen molar-refractivity contribution in [2.45, 2.75) is 52.0 Å². The molecule has 1 unspecified atom stereocenters. The van der Waals surface area contributed by atoms with Crippen molar-refractivity contribution < 1.29 is 18.3 Å². The largest absolute Gasteiger partial charge is 0.478 e. The average Bonchev–Trinajstić information content (AvgIpc) is 3.11. The molecule has 0 spiro atoms. The smallest absolute Gasteiger partial charge is 0.336 e. The fourth-order valence-electron chi connectivity index (χ4n) is 4.52. The first-order valence-corrected chi connectivity index (χ1v) is 12.2. The summed E-state index contributed by atoms with van der Waals surface area (Å²) in [7, 11) is -3.91. The summed E-state index contributed by atoms with van der Waals surface area (Å²) in [5.74, 6) is -0.865. The SMILES string of the molecule is CC(C)C1=C(S(=O)(=O)NC2CCCCC2)[N+]2(c3ccccc3)C=CC(C(=O)O)=CC2=N1. The number of rotatable bonds is 6. The van der Waals surface area contributed by atoms with Crippen molar-refractivity contribution in [1.82, 2.24) is 9.21 Å². The van der Waals surface area contributed by atoms with Crippen LogP contribution >= 0.6 is 0 Å². The van der Waals surface area contributed by atoms with E-state index in [0.717, 1.165) is 32.1 Å². The van der Waals surface area contributed by atoms with Crippen LogP contribution in [-0.2, 0) is 14.8 Å². The van der Waals surface area contributed by atoms with Crippen LogP contribution in [0.25, 0.3) is 0 Å². The summed E-state index contributed by atoms with van der Waals surface area (Å²) in [5, 5.41) is 9.66. The number of nitrogens with one attached hydrogen (secondary N) is 1. The molecule has 3 aliphatic rings. The number of allylic oxidation sites excluding steroid dienone is 1. The topological polar surface area (TPSA) is 95.8 Å². The highest BCUT2D eigenvalue weighted by atomic mass is 32.2. The fourth-order valence-corrected chi connectivity index (χ4v) is 6.50. The Morgan fingerprint density at radius 1 is 1.16 bits per heavy atom. The zero-order chi connectivity index (χ0) is 22.2. The zero-order valence-electron chi connectivity index (χ0n) is 17.8. The van der Waals surface area contributed by atoms with Crippen LogP contribution in [0.4, 0.5) is 5.69 Å². The lowest BCUT2D eigenvalue weighted by Gasteiger charge is -2.34. The maximum atomic E-state index is 13.8. The molecule has 0 aromatic heterocycles. The number of nitrogens with zero attached hydrogens (tertiary/aromatic N) is 2. The Balaban J connectivity index is 1.90. The first-order chi connectivity index (χ1) is 14.8. The molecule has 1 atom stereocenters. The molecule has 1 saturated carbocycles. The van der Waals surface area contributed by atoms with E-state index in [2.05, 4.69) is 9.71 Å². The van der Waals surface area contributed by atoms with Gasteiger partial charge in [-0.15, -0.1) is 0 Å². The van der Waals surface area contributed by atoms with Gasteiger partial charge in [-0.05, 0) is 12.8 Å². The monoisotopic (exact) mass is 442 g/mol. The number of carboxylic acid groups (broad SMARTS) is 1. The fraction of sp³-hybridized carbons (Fsp3) is 0.391. The van der Waals surface area contributed by atoms with Gasteiger partial charge in [0.1, 0.15) is 17.6 Å². The molecule has 1 fully saturated rings. The van der Waals surface area contributed by atoms with Gasteiger partial charge >= 0.3 is 5.97 Å². The molecule has 164 valence electrons. The van der Waals surface area contributed by atoms with Crippen LogP contribution in [0.5, 0.6) is 0 Å². The van der Waals surface area contributed by atoms with E-state index in [1.165, 1.54) is 12.2 Å². The molecule has 0 saturated heterocycles. The molecule has 8 heteroatoms. The van der Waals surface area contributed by atoms with Gasteiger partial charge in [-0.3, -0.25) is 0 Å². The molecular formula is C23H28N3O4S+. The molecule has 31 heavy (non-hydrogen) atoms. The summed E-state index contributed by atoms with van der Waals surface area (Å²) in [4.78, 5) is 16.3. The minimum Gasteiger partial charge on any atom is -0.478 e. The summed E-state index contributed by atoms with van der Waals surface area (Å²) in [5.41, 5.74) is 1.22. The molecular weight excluding hydrogens is 414 g/mol. The lowest BCUT2D eigenvalue weighted by Crippen LogP contribution is -2.52. The highest BCUT2D eigenvalue weighted by Gasteiger charge is 2.54. The van der Waals surface area contributed by atoms with Crippen molar-refractivity contribution in [3.63, 3.8) is 0 Å². The van der Waals surface area contributed by atoms with Crippen molar-refractivity contribution in [2.24, 2.45) is 10.9 Å². The van der Waals surface area contributed by atoms with Crippen molar-refractivity contribution >= 4 is 27.5 Å². The lowest BCUT2D eigenvalue weighted by atomic mass is 9.96. The van der Waals surface area contributed by atoms with E-state index in [-0.39, 0.29) is 27.0 Å². The minimum atomic E-state index is -3.91. The molecule has 2 N–H and O–H groups in total. The molecule has 0 radical (unpaired) electrons. The van der Waals surface area contributed by atoms with Gasteiger partial charge in [0, 0.05) is 36.2 Å². The molecule has 1 aromatic rings. The van der Waals surface area contributed by atoms with E-state index in [4.69, 9.17) is 0 Å². The van der Waals surface area contributed by atoms with Crippen LogP contribution in [0.1, 0.15) is 46.0 Å². The molecule has 7 nitrogen and oxygen atoms in total. The van der Waals surface area contributed by atoms with E-state index >= 15 is 0 Å². The van der Waals surface area contributed by atoms with Gasteiger partial charge in [0.25, 0.3) is 15.1 Å². The summed E-state index contributed by atoms with van der Waals surface area (Å²) in [6.07, 6.45) is 9.35. The second kappa shape index (κ2) is 8.18. The van der Waals surface area contributed by atoms with E-state index in [1.54, 1.807) is 6.20 Å². The average molecular weight is 443 g/mol. The van der Waals surface area contributed by atoms with Gasteiger partial charge < -0.3 is 5.11 Å². The van der Waals surface area contributed by atoms with Crippen molar-refractivity contribution in [3.05, 3.63) is 65.0 Å². The van der Waals surface area contributed by atoms with Gasteiger partial charge in [-0.1, -0.05) is 51.3 Å². The maximum Gasteiger partial charge on any atom is 0.336 e. The summed E-state index contributed by atoms with van der Waals surface area (Å²) < 4.78 is 30.4. The Bertz CT molecular complexity index is 1110. The molecule has 0 bridgehead atoms. The molecule has 2 heterocycles. The van der Waals surface area contributed by atoms with Crippen LogP contribution < -0.4 is 9.21 Å². The predicted octanol–water partition coefficient (Wildman–Crippen LogP) is 4.02. The Morgan fingerprint density at radius 2 is 1.84 bits per heavy atom. The van der Waals surface area contributed by atoms with Crippen molar-refractivity contribution in [1.29, 1.82) is 0 Å². The number of benzene rings is 1. The zero-order valence-corrected chi connectivity index (χ0v) is 18.6. The number of hydrogen-bond donors (Lipinski definition) is 2. The number of carbonyl (C=O) groups is 1. The van der Waals surface area contributed by atoms with Gasteiger partial charge in [-0.2, -0.15) is 9.48 Å². The van der Waals surface area contributed by atoms with Crippen LogP contribution in [0.15, 0.2) is 70.0 Å². The number of carboxylic acids is 1. The Morgan fingerprint density at radius 3 is 2.45 bits per heavy atom. The third-order valence-electron chi connectivity index (χ3n) is 6.04. The van der Waals surface area contributed by atoms with E-state index in [0.29, 0.717) is 17.2 Å². The molecule has 4 rings (SSSR count). The Labute approximate surface area is 183 Å². The highest BCUT2D eigenvalue weighted by molar-refractivity contribution is 7.93. The van der Waals surface area contributed by atoms with Gasteiger partial charge in [0.15, 0.2) is 0 Å². The third-order valence-corrected chi connectivity index (χ3v) is 7.69. The van der Waals surface area contributed by atoms with Crippen molar-refractivity contribution in [3.8, 4) is 0 Å². The third kappa shape index (κ3) is 3.79. The Kier molecular flexibility index (Phi) is 5.72. The van der Waals surface area contributed by atoms with Crippen LogP contribution in [0.2, 0.25) is 0 Å². The second-order valence-corrected chi connectivity index (χ2v) is 10.2. The van der Waals surface area contributed by atoms with Crippen molar-refractivity contribution in [2.75, 3.05) is 0 Å². The number of aliphatic carboxylic acids is 1. The normalized spacial score (nSPS) is 24.2. The molecule has 2 aliphatic heterocycles. The Hall–Kier alpha value is -2.55. The quantitative estimate of drug-likeness (QED) is 0.651. The lowest BCUT2D eigenvalue weighted by molar-refractivity contribution is -0.132. The number of hydrogen-bond acceptors (Lipinski definition) is 4. The first-order valence-electron chi connectivity index (χ1n) is 10.7. The summed E-state index contributed by atoms with van der Waals surface area (Å²) >= 11 is 0. The molecule has 0 amide bonds. The van der Waals surface area contributed by atoms with Gasteiger partial charge in [0.05, 0.1) is 5.57 Å². The molecule has 1 aromatic carbocycles. The summed E-state index contributed by atoms with van der Waals surface area (Å²) in [6.45, 7) is 3.81. The first kappa shape index (κ1) is 21.7. The van der Waals surface area contributed by atoms with Crippen LogP contribution in [-0.4, -0.2) is 31.4 Å². The number of amidine groups is 1. The second-order valence-electron chi connectivity index (χ2n) is 8.55. The standard InChI is InChI=1S/C23H27N3O4S/c1-16(2)21-22(31(29,30)25-18-9-5-3-6-10-18)26(19-11-7-4-8-12-19)14-13-17(23(27)28)15-20(26)24-21/h4,7-8,11-16,18,25H,3,5-6,9-10H2,1-2H3/p+1. The van der Waals surface area contributed by atoms with E-state index in [1.807, 2.05) is 44.2 Å². The van der Waals surface area contributed by atoms with Crippen LogP contribution in [0.3, 0.4) is 0 Å². The van der Waals surface area contributed by atoms with Crippen LogP contribution in [0, 0.1) is 5.92 Å². The van der Waals surface area contributed by atoms with E-state index < -0.39 is 16.0 Å². The number of aliphatic imine (C=N–C) groups is 1. The number of fused-ring (bicyclic) bond motifs is 1. The summed E-state index contributed by atoms with van der Waals surface area (Å²) in [6, 6.07) is 9.14. The van der Waals surface area contributed by atoms with Gasteiger partial charge in [0.2, 0.25) is 5.84 Å². The van der Waals surface area contributed by atoms with Gasteiger partial charge in [-0.25, -0.2) is 17.9 Å². The maximum absolute atomic E-state index is 13.8. The number of quaternary nitrogens is 1. The van der Waals surface area contributed by atoms with E-state index in [9.17, 15) is 18.3 Å².